The SMILES string of the molecule is O=C(NCCSCc1ccc(Cl)cc1)[C@H]1CCCN(S(=O)(=O)c2ccc(Cl)cc2)C1. The van der Waals surface area contributed by atoms with Gasteiger partial charge in [0.05, 0.1) is 10.8 Å². The lowest BCUT2D eigenvalue weighted by atomic mass is 9.99. The van der Waals surface area contributed by atoms with Crippen molar-refractivity contribution in [2.24, 2.45) is 5.92 Å². The van der Waals surface area contributed by atoms with E-state index in [0.717, 1.165) is 16.5 Å². The zero-order valence-electron chi connectivity index (χ0n) is 16.4. The van der Waals surface area contributed by atoms with E-state index in [4.69, 9.17) is 23.2 Å². The van der Waals surface area contributed by atoms with Crippen LogP contribution in [-0.4, -0.2) is 44.0 Å². The fourth-order valence-electron chi connectivity index (χ4n) is 3.29. The second kappa shape index (κ2) is 10.9. The van der Waals surface area contributed by atoms with Gasteiger partial charge in [-0.15, -0.1) is 0 Å². The maximum Gasteiger partial charge on any atom is 0.243 e. The van der Waals surface area contributed by atoms with Crippen LogP contribution in [0.1, 0.15) is 18.4 Å². The molecule has 0 aliphatic carbocycles. The van der Waals surface area contributed by atoms with E-state index in [2.05, 4.69) is 5.32 Å². The maximum absolute atomic E-state index is 12.9. The molecule has 1 atom stereocenters. The van der Waals surface area contributed by atoms with Crippen LogP contribution in [0.2, 0.25) is 10.0 Å². The van der Waals surface area contributed by atoms with Crippen LogP contribution in [0.5, 0.6) is 0 Å². The third-order valence-electron chi connectivity index (χ3n) is 4.93. The number of sulfonamides is 1. The van der Waals surface area contributed by atoms with Gasteiger partial charge in [0.2, 0.25) is 15.9 Å². The Morgan fingerprint density at radius 3 is 2.37 bits per heavy atom. The summed E-state index contributed by atoms with van der Waals surface area (Å²) in [6.07, 6.45) is 1.35. The molecule has 1 amide bonds. The van der Waals surface area contributed by atoms with Crippen molar-refractivity contribution in [1.82, 2.24) is 9.62 Å². The van der Waals surface area contributed by atoms with Crippen molar-refractivity contribution in [2.75, 3.05) is 25.4 Å². The number of halogens is 2. The zero-order chi connectivity index (χ0) is 21.6. The van der Waals surface area contributed by atoms with Crippen molar-refractivity contribution in [2.45, 2.75) is 23.5 Å². The number of hydrogen-bond acceptors (Lipinski definition) is 4. The Kier molecular flexibility index (Phi) is 8.48. The molecule has 2 aromatic carbocycles. The summed E-state index contributed by atoms with van der Waals surface area (Å²) in [5, 5.41) is 4.15. The Morgan fingerprint density at radius 1 is 1.07 bits per heavy atom. The lowest BCUT2D eigenvalue weighted by Gasteiger charge is -2.31. The number of thioether (sulfide) groups is 1. The summed E-state index contributed by atoms with van der Waals surface area (Å²) in [5.41, 5.74) is 1.19. The highest BCUT2D eigenvalue weighted by Crippen LogP contribution is 2.25. The molecule has 1 N–H and O–H groups in total. The van der Waals surface area contributed by atoms with Crippen molar-refractivity contribution in [1.29, 1.82) is 0 Å². The van der Waals surface area contributed by atoms with E-state index in [-0.39, 0.29) is 23.3 Å². The smallest absolute Gasteiger partial charge is 0.243 e. The summed E-state index contributed by atoms with van der Waals surface area (Å²) in [6.45, 7) is 1.18. The highest BCUT2D eigenvalue weighted by molar-refractivity contribution is 7.98. The van der Waals surface area contributed by atoms with Crippen LogP contribution >= 0.6 is 35.0 Å². The normalized spacial score (nSPS) is 17.6. The zero-order valence-corrected chi connectivity index (χ0v) is 19.5. The molecular formula is C21H24Cl2N2O3S2. The molecule has 1 heterocycles. The van der Waals surface area contributed by atoms with Crippen molar-refractivity contribution < 1.29 is 13.2 Å². The topological polar surface area (TPSA) is 66.5 Å². The number of carbonyl (C=O) groups excluding carboxylic acids is 1. The first-order valence-corrected chi connectivity index (χ1v) is 13.1. The number of carbonyl (C=O) groups is 1. The van der Waals surface area contributed by atoms with Crippen molar-refractivity contribution >= 4 is 50.9 Å². The second-order valence-electron chi connectivity index (χ2n) is 7.13. The van der Waals surface area contributed by atoms with Gasteiger partial charge in [0.1, 0.15) is 0 Å². The summed E-state index contributed by atoms with van der Waals surface area (Å²) in [4.78, 5) is 12.7. The molecule has 30 heavy (non-hydrogen) atoms. The van der Waals surface area contributed by atoms with Crippen LogP contribution in [-0.2, 0) is 20.6 Å². The lowest BCUT2D eigenvalue weighted by Crippen LogP contribution is -2.45. The first kappa shape index (κ1) is 23.4. The minimum atomic E-state index is -3.63. The first-order valence-electron chi connectivity index (χ1n) is 9.72. The van der Waals surface area contributed by atoms with E-state index in [1.54, 1.807) is 23.9 Å². The van der Waals surface area contributed by atoms with E-state index in [1.165, 1.54) is 22.0 Å². The van der Waals surface area contributed by atoms with Gasteiger partial charge in [0.25, 0.3) is 0 Å². The van der Waals surface area contributed by atoms with E-state index < -0.39 is 10.0 Å². The maximum atomic E-state index is 12.9. The molecule has 0 radical (unpaired) electrons. The van der Waals surface area contributed by atoms with Crippen LogP contribution in [0.15, 0.2) is 53.4 Å². The average Bonchev–Trinajstić information content (AvgIpc) is 2.75. The van der Waals surface area contributed by atoms with Crippen LogP contribution < -0.4 is 5.32 Å². The van der Waals surface area contributed by atoms with Crippen LogP contribution in [0.3, 0.4) is 0 Å². The molecule has 0 aromatic heterocycles. The number of rotatable bonds is 8. The van der Waals surface area contributed by atoms with Gasteiger partial charge in [0.15, 0.2) is 0 Å². The molecule has 0 unspecified atom stereocenters. The number of nitrogens with one attached hydrogen (secondary N) is 1. The molecular weight excluding hydrogens is 463 g/mol. The minimum Gasteiger partial charge on any atom is -0.355 e. The predicted molar refractivity (Wildman–Crippen MR) is 124 cm³/mol. The molecule has 1 aliphatic rings. The molecule has 2 aromatic rings. The van der Waals surface area contributed by atoms with E-state index in [0.29, 0.717) is 31.0 Å². The summed E-state index contributed by atoms with van der Waals surface area (Å²) in [6, 6.07) is 13.8. The van der Waals surface area contributed by atoms with E-state index in [9.17, 15) is 13.2 Å². The van der Waals surface area contributed by atoms with E-state index >= 15 is 0 Å². The molecule has 5 nitrogen and oxygen atoms in total. The molecule has 1 aliphatic heterocycles. The van der Waals surface area contributed by atoms with Gasteiger partial charge in [0, 0.05) is 41.2 Å². The second-order valence-corrected chi connectivity index (χ2v) is 11.0. The van der Waals surface area contributed by atoms with Crippen LogP contribution in [0.4, 0.5) is 0 Å². The molecule has 0 spiro atoms. The Bertz CT molecular complexity index is 951. The van der Waals surface area contributed by atoms with Crippen LogP contribution in [0, 0.1) is 5.92 Å². The van der Waals surface area contributed by atoms with Gasteiger partial charge in [-0.05, 0) is 54.8 Å². The molecule has 3 rings (SSSR count). The fourth-order valence-corrected chi connectivity index (χ4v) is 5.89. The molecule has 1 fully saturated rings. The molecule has 1 saturated heterocycles. The fraction of sp³-hybridized carbons (Fsp3) is 0.381. The van der Waals surface area contributed by atoms with Gasteiger partial charge in [-0.1, -0.05) is 35.3 Å². The number of benzene rings is 2. The molecule has 0 bridgehead atoms. The van der Waals surface area contributed by atoms with Gasteiger partial charge in [-0.2, -0.15) is 16.1 Å². The average molecular weight is 487 g/mol. The minimum absolute atomic E-state index is 0.0851. The Balaban J connectivity index is 1.45. The van der Waals surface area contributed by atoms with E-state index in [1.807, 2.05) is 24.3 Å². The standard InChI is InChI=1S/C21H24Cl2N2O3S2/c22-18-5-3-16(4-6-18)15-29-13-11-24-21(26)17-2-1-12-25(14-17)30(27,28)20-9-7-19(23)8-10-20/h3-10,17H,1-2,11-15H2,(H,24,26)/t17-/m0/s1. The van der Waals surface area contributed by atoms with Crippen molar-refractivity contribution in [3.8, 4) is 0 Å². The summed E-state index contributed by atoms with van der Waals surface area (Å²) in [5.74, 6) is 1.22. The Labute approximate surface area is 192 Å². The van der Waals surface area contributed by atoms with Crippen molar-refractivity contribution in [3.05, 3.63) is 64.1 Å². The third-order valence-corrected chi connectivity index (χ3v) is 8.35. The summed E-state index contributed by atoms with van der Waals surface area (Å²) in [7, 11) is -3.63. The molecule has 162 valence electrons. The quantitative estimate of drug-likeness (QED) is 0.559. The highest BCUT2D eigenvalue weighted by Gasteiger charge is 2.33. The third kappa shape index (κ3) is 6.37. The van der Waals surface area contributed by atoms with Crippen molar-refractivity contribution in [3.63, 3.8) is 0 Å². The summed E-state index contributed by atoms with van der Waals surface area (Å²) >= 11 is 13.5. The van der Waals surface area contributed by atoms with Gasteiger partial charge < -0.3 is 5.32 Å². The lowest BCUT2D eigenvalue weighted by molar-refractivity contribution is -0.125. The number of nitrogens with zero attached hydrogens (tertiary/aromatic N) is 1. The molecule has 9 heteroatoms. The number of hydrogen-bond donors (Lipinski definition) is 1. The largest absolute Gasteiger partial charge is 0.355 e. The van der Waals surface area contributed by atoms with Gasteiger partial charge in [-0.25, -0.2) is 8.42 Å². The highest BCUT2D eigenvalue weighted by atomic mass is 35.5. The predicted octanol–water partition coefficient (Wildman–Crippen LogP) is 4.44. The van der Waals surface area contributed by atoms with Crippen LogP contribution in [0.25, 0.3) is 0 Å². The molecule has 0 saturated carbocycles. The van der Waals surface area contributed by atoms with Gasteiger partial charge >= 0.3 is 0 Å². The number of piperidine rings is 1. The Hall–Kier alpha value is -1.25. The Morgan fingerprint density at radius 2 is 1.70 bits per heavy atom. The first-order chi connectivity index (χ1) is 14.4. The number of amides is 1. The summed E-state index contributed by atoms with van der Waals surface area (Å²) < 4.78 is 27.1. The van der Waals surface area contributed by atoms with Gasteiger partial charge in [-0.3, -0.25) is 4.79 Å². The monoisotopic (exact) mass is 486 g/mol.